The van der Waals surface area contributed by atoms with E-state index in [-0.39, 0.29) is 0 Å². The van der Waals surface area contributed by atoms with Crippen LogP contribution < -0.4 is 0 Å². The molecule has 0 unspecified atom stereocenters. The molecule has 0 aliphatic carbocycles. The zero-order chi connectivity index (χ0) is 12.6. The average molecular weight is 246 g/mol. The van der Waals surface area contributed by atoms with Gasteiger partial charge in [0.1, 0.15) is 0 Å². The molecule has 0 bridgehead atoms. The summed E-state index contributed by atoms with van der Waals surface area (Å²) in [5, 5.41) is 1.55. The monoisotopic (exact) mass is 246 g/mol. The van der Waals surface area contributed by atoms with Crippen LogP contribution in [0, 0.1) is 20.8 Å². The van der Waals surface area contributed by atoms with Gasteiger partial charge in [0.05, 0.1) is 0 Å². The highest BCUT2D eigenvalue weighted by Crippen LogP contribution is 2.37. The Morgan fingerprint density at radius 2 is 1.76 bits per heavy atom. The molecule has 0 saturated heterocycles. The van der Waals surface area contributed by atoms with Crippen molar-refractivity contribution in [1.29, 1.82) is 0 Å². The Kier molecular flexibility index (Phi) is 3.58. The number of hydrogen-bond acceptors (Lipinski definition) is 1. The second-order valence-electron chi connectivity index (χ2n) is 4.92. The number of fused-ring (bicyclic) bond motifs is 1. The molecule has 0 spiro atoms. The van der Waals surface area contributed by atoms with Crippen molar-refractivity contribution in [1.82, 2.24) is 0 Å². The summed E-state index contributed by atoms with van der Waals surface area (Å²) in [4.78, 5) is 1.61. The number of thiophene rings is 1. The Balaban J connectivity index is 2.78. The quantitative estimate of drug-likeness (QED) is 0.685. The lowest BCUT2D eigenvalue weighted by atomic mass is 9.96. The molecular weight excluding hydrogens is 224 g/mol. The van der Waals surface area contributed by atoms with Crippen LogP contribution in [0.15, 0.2) is 6.07 Å². The van der Waals surface area contributed by atoms with E-state index in [0.29, 0.717) is 0 Å². The van der Waals surface area contributed by atoms with Crippen LogP contribution in [0.4, 0.5) is 0 Å². The molecule has 0 fully saturated rings. The summed E-state index contributed by atoms with van der Waals surface area (Å²) in [5.74, 6) is 0. The van der Waals surface area contributed by atoms with E-state index >= 15 is 0 Å². The van der Waals surface area contributed by atoms with Crippen LogP contribution >= 0.6 is 11.3 Å². The van der Waals surface area contributed by atoms with Crippen molar-refractivity contribution >= 4 is 21.4 Å². The van der Waals surface area contributed by atoms with E-state index in [1.54, 1.807) is 15.8 Å². The van der Waals surface area contributed by atoms with E-state index in [4.69, 9.17) is 0 Å². The minimum Gasteiger partial charge on any atom is -0.140 e. The second-order valence-corrected chi connectivity index (χ2v) is 6.06. The summed E-state index contributed by atoms with van der Waals surface area (Å²) in [6, 6.07) is 2.38. The minimum atomic E-state index is 1.17. The van der Waals surface area contributed by atoms with Gasteiger partial charge in [0, 0.05) is 9.58 Å². The van der Waals surface area contributed by atoms with Gasteiger partial charge < -0.3 is 0 Å². The van der Waals surface area contributed by atoms with Gasteiger partial charge >= 0.3 is 0 Å². The third kappa shape index (κ3) is 2.01. The molecule has 0 saturated carbocycles. The fraction of sp³-hybridized carbons (Fsp3) is 0.500. The first-order valence-corrected chi connectivity index (χ1v) is 7.42. The second kappa shape index (κ2) is 4.81. The molecule has 0 N–H and O–H groups in total. The Bertz CT molecular complexity index is 546. The molecule has 17 heavy (non-hydrogen) atoms. The molecule has 0 nitrogen and oxygen atoms in total. The third-order valence-electron chi connectivity index (χ3n) is 3.83. The Morgan fingerprint density at radius 3 is 2.35 bits per heavy atom. The van der Waals surface area contributed by atoms with Crippen molar-refractivity contribution in [3.05, 3.63) is 33.2 Å². The Labute approximate surface area is 109 Å². The zero-order valence-electron chi connectivity index (χ0n) is 11.6. The van der Waals surface area contributed by atoms with Crippen LogP contribution in [0.1, 0.15) is 47.4 Å². The lowest BCUT2D eigenvalue weighted by molar-refractivity contribution is 0.923. The molecule has 0 aliphatic rings. The van der Waals surface area contributed by atoms with E-state index in [1.165, 1.54) is 40.7 Å². The summed E-state index contributed by atoms with van der Waals surface area (Å²) in [6.07, 6.45) is 3.65. The van der Waals surface area contributed by atoms with Gasteiger partial charge in [-0.25, -0.2) is 0 Å². The van der Waals surface area contributed by atoms with E-state index < -0.39 is 0 Å². The van der Waals surface area contributed by atoms with Crippen LogP contribution in [0.25, 0.3) is 10.1 Å². The molecule has 1 heteroatoms. The molecule has 0 radical (unpaired) electrons. The lowest BCUT2D eigenvalue weighted by Crippen LogP contribution is -1.91. The van der Waals surface area contributed by atoms with Gasteiger partial charge in [-0.1, -0.05) is 20.3 Å². The lowest BCUT2D eigenvalue weighted by Gasteiger charge is -2.08. The molecule has 2 rings (SSSR count). The molecule has 1 aromatic carbocycles. The fourth-order valence-electron chi connectivity index (χ4n) is 2.64. The fourth-order valence-corrected chi connectivity index (χ4v) is 4.19. The van der Waals surface area contributed by atoms with Gasteiger partial charge in [-0.2, -0.15) is 0 Å². The third-order valence-corrected chi connectivity index (χ3v) is 5.06. The van der Waals surface area contributed by atoms with E-state index in [2.05, 4.69) is 40.7 Å². The summed E-state index contributed by atoms with van der Waals surface area (Å²) in [5.41, 5.74) is 6.00. The molecule has 1 aromatic heterocycles. The van der Waals surface area contributed by atoms with Gasteiger partial charge in [0.25, 0.3) is 0 Å². The Hall–Kier alpha value is -0.820. The summed E-state index contributed by atoms with van der Waals surface area (Å²) < 4.78 is 1.49. The van der Waals surface area contributed by atoms with Crippen molar-refractivity contribution in [2.45, 2.75) is 53.9 Å². The molecular formula is C16H22S. The first-order chi connectivity index (χ1) is 8.10. The predicted molar refractivity (Wildman–Crippen MR) is 79.4 cm³/mol. The minimum absolute atomic E-state index is 1.17. The highest BCUT2D eigenvalue weighted by molar-refractivity contribution is 7.19. The van der Waals surface area contributed by atoms with Crippen molar-refractivity contribution < 1.29 is 0 Å². The van der Waals surface area contributed by atoms with Gasteiger partial charge in [-0.05, 0) is 67.3 Å². The summed E-state index contributed by atoms with van der Waals surface area (Å²) >= 11 is 2.01. The van der Waals surface area contributed by atoms with Gasteiger partial charge in [0.2, 0.25) is 0 Å². The van der Waals surface area contributed by atoms with Crippen LogP contribution in [0.5, 0.6) is 0 Å². The van der Waals surface area contributed by atoms with Crippen molar-refractivity contribution in [2.24, 2.45) is 0 Å². The Morgan fingerprint density at radius 1 is 1.06 bits per heavy atom. The average Bonchev–Trinajstić information content (AvgIpc) is 2.64. The maximum absolute atomic E-state index is 2.38. The number of hydrogen-bond donors (Lipinski definition) is 0. The first kappa shape index (κ1) is 12.6. The number of aryl methyl sites for hydroxylation is 4. The number of benzene rings is 1. The molecule has 0 aliphatic heterocycles. The molecule has 1 heterocycles. The molecule has 92 valence electrons. The van der Waals surface area contributed by atoms with Crippen LogP contribution in [-0.4, -0.2) is 0 Å². The smallest absolute Gasteiger partial charge is 0.0354 e. The van der Waals surface area contributed by atoms with E-state index in [0.717, 1.165) is 0 Å². The normalized spacial score (nSPS) is 11.4. The van der Waals surface area contributed by atoms with Crippen molar-refractivity contribution in [2.75, 3.05) is 0 Å². The van der Waals surface area contributed by atoms with E-state index in [9.17, 15) is 0 Å². The highest BCUT2D eigenvalue weighted by Gasteiger charge is 2.14. The van der Waals surface area contributed by atoms with Crippen LogP contribution in [0.3, 0.4) is 0 Å². The summed E-state index contributed by atoms with van der Waals surface area (Å²) in [6.45, 7) is 11.3. The first-order valence-electron chi connectivity index (χ1n) is 6.61. The van der Waals surface area contributed by atoms with Crippen LogP contribution in [-0.2, 0) is 12.8 Å². The van der Waals surface area contributed by atoms with Gasteiger partial charge in [0.15, 0.2) is 0 Å². The van der Waals surface area contributed by atoms with Crippen molar-refractivity contribution in [3.63, 3.8) is 0 Å². The van der Waals surface area contributed by atoms with Crippen molar-refractivity contribution in [3.8, 4) is 0 Å². The number of rotatable bonds is 3. The largest absolute Gasteiger partial charge is 0.140 e. The molecule has 0 amide bonds. The molecule has 2 aromatic rings. The van der Waals surface area contributed by atoms with Gasteiger partial charge in [-0.15, -0.1) is 11.3 Å². The zero-order valence-corrected chi connectivity index (χ0v) is 12.4. The maximum Gasteiger partial charge on any atom is 0.0354 e. The highest BCUT2D eigenvalue weighted by atomic mass is 32.1. The standard InChI is InChI=1S/C16H22S/c1-6-8-14-13(7-2)16-12(5)11(4)10(3)9-15(16)17-14/h9H,6-8H2,1-5H3. The van der Waals surface area contributed by atoms with E-state index in [1.807, 2.05) is 11.3 Å². The molecule has 0 atom stereocenters. The maximum atomic E-state index is 2.38. The SMILES string of the molecule is CCCc1sc2cc(C)c(C)c(C)c2c1CC. The summed E-state index contributed by atoms with van der Waals surface area (Å²) in [7, 11) is 0. The predicted octanol–water partition coefficient (Wildman–Crippen LogP) is 5.34. The van der Waals surface area contributed by atoms with Crippen LogP contribution in [0.2, 0.25) is 0 Å². The topological polar surface area (TPSA) is 0 Å². The van der Waals surface area contributed by atoms with Gasteiger partial charge in [-0.3, -0.25) is 0 Å².